The molecule has 0 atom stereocenters. The Balaban J connectivity index is 2.28. The van der Waals surface area contributed by atoms with Gasteiger partial charge in [0.1, 0.15) is 5.75 Å². The van der Waals surface area contributed by atoms with E-state index in [1.54, 1.807) is 7.11 Å². The third kappa shape index (κ3) is 3.14. The number of rotatable bonds is 5. The predicted molar refractivity (Wildman–Crippen MR) is 87.1 cm³/mol. The predicted octanol–water partition coefficient (Wildman–Crippen LogP) is 3.55. The van der Waals surface area contributed by atoms with Crippen LogP contribution in [0.2, 0.25) is 0 Å². The van der Waals surface area contributed by atoms with E-state index in [4.69, 9.17) is 10.5 Å². The molecule has 2 rings (SSSR count). The van der Waals surface area contributed by atoms with Gasteiger partial charge in [-0.3, -0.25) is 0 Å². The van der Waals surface area contributed by atoms with Gasteiger partial charge in [-0.2, -0.15) is 0 Å². The number of nitrogens with two attached hydrogens (primary N) is 1. The average Bonchev–Trinajstić information content (AvgIpc) is 2.47. The summed E-state index contributed by atoms with van der Waals surface area (Å²) < 4.78 is 6.45. The van der Waals surface area contributed by atoms with Crippen LogP contribution in [0.3, 0.4) is 0 Å². The van der Waals surface area contributed by atoms with Crippen molar-refractivity contribution in [1.29, 1.82) is 0 Å². The van der Waals surface area contributed by atoms with E-state index < -0.39 is 0 Å². The number of halogens is 1. The lowest BCUT2D eigenvalue weighted by molar-refractivity contribution is 0.409. The zero-order chi connectivity index (χ0) is 14.5. The van der Waals surface area contributed by atoms with Crippen LogP contribution in [-0.2, 0) is 13.1 Å². The van der Waals surface area contributed by atoms with Crippen molar-refractivity contribution in [1.82, 2.24) is 0 Å². The highest BCUT2D eigenvalue weighted by Crippen LogP contribution is 2.29. The Labute approximate surface area is 128 Å². The van der Waals surface area contributed by atoms with Crippen molar-refractivity contribution in [2.75, 3.05) is 19.1 Å². The number of hydrogen-bond acceptors (Lipinski definition) is 3. The van der Waals surface area contributed by atoms with Crippen molar-refractivity contribution in [3.63, 3.8) is 0 Å². The van der Waals surface area contributed by atoms with Gasteiger partial charge in [0.15, 0.2) is 0 Å². The zero-order valence-corrected chi connectivity index (χ0v) is 13.4. The van der Waals surface area contributed by atoms with Gasteiger partial charge in [0.05, 0.1) is 7.11 Å². The molecular weight excluding hydrogens is 316 g/mol. The van der Waals surface area contributed by atoms with Crippen LogP contribution < -0.4 is 15.4 Å². The van der Waals surface area contributed by atoms with Gasteiger partial charge >= 0.3 is 0 Å². The second-order valence-electron chi connectivity index (χ2n) is 4.61. The van der Waals surface area contributed by atoms with E-state index in [1.165, 1.54) is 0 Å². The van der Waals surface area contributed by atoms with Crippen LogP contribution in [0.5, 0.6) is 5.75 Å². The van der Waals surface area contributed by atoms with Crippen molar-refractivity contribution in [3.8, 4) is 5.75 Å². The number of benzene rings is 2. The van der Waals surface area contributed by atoms with Crippen molar-refractivity contribution < 1.29 is 4.74 Å². The van der Waals surface area contributed by atoms with E-state index in [0.717, 1.165) is 33.6 Å². The number of hydrogen-bond donors (Lipinski definition) is 1. The lowest BCUT2D eigenvalue weighted by Gasteiger charge is -2.24. The van der Waals surface area contributed by atoms with Gasteiger partial charge < -0.3 is 15.4 Å². The highest BCUT2D eigenvalue weighted by Gasteiger charge is 2.11. The molecule has 0 aromatic heterocycles. The van der Waals surface area contributed by atoms with E-state index in [0.29, 0.717) is 6.54 Å². The quantitative estimate of drug-likeness (QED) is 0.908. The largest absolute Gasteiger partial charge is 0.496 e. The van der Waals surface area contributed by atoms with Gasteiger partial charge in [-0.15, -0.1) is 0 Å². The molecule has 0 aliphatic heterocycles. The van der Waals surface area contributed by atoms with Crippen LogP contribution in [0.1, 0.15) is 11.1 Å². The lowest BCUT2D eigenvalue weighted by atomic mass is 10.1. The standard InChI is InChI=1S/C16H19BrN2O/c1-19(11-12-6-3-4-9-16(12)20-2)15-8-5-7-14(17)13(15)10-18/h3-9H,10-11,18H2,1-2H3. The molecule has 0 spiro atoms. The fourth-order valence-electron chi connectivity index (χ4n) is 2.28. The Morgan fingerprint density at radius 1 is 1.15 bits per heavy atom. The summed E-state index contributed by atoms with van der Waals surface area (Å²) >= 11 is 3.56. The van der Waals surface area contributed by atoms with Crippen molar-refractivity contribution in [2.24, 2.45) is 5.73 Å². The van der Waals surface area contributed by atoms with Crippen molar-refractivity contribution in [3.05, 3.63) is 58.1 Å². The van der Waals surface area contributed by atoms with E-state index >= 15 is 0 Å². The van der Waals surface area contributed by atoms with E-state index in [-0.39, 0.29) is 0 Å². The molecule has 20 heavy (non-hydrogen) atoms. The molecule has 106 valence electrons. The molecule has 0 saturated carbocycles. The summed E-state index contributed by atoms with van der Waals surface area (Å²) in [6, 6.07) is 14.2. The average molecular weight is 335 g/mol. The molecule has 2 aromatic carbocycles. The third-order valence-corrected chi connectivity index (χ3v) is 4.05. The van der Waals surface area contributed by atoms with E-state index in [1.807, 2.05) is 30.3 Å². The molecule has 4 heteroatoms. The SMILES string of the molecule is COc1ccccc1CN(C)c1cccc(Br)c1CN. The summed E-state index contributed by atoms with van der Waals surface area (Å²) in [5, 5.41) is 0. The fraction of sp³-hybridized carbons (Fsp3) is 0.250. The number of para-hydroxylation sites is 1. The maximum Gasteiger partial charge on any atom is 0.123 e. The molecule has 0 bridgehead atoms. The molecule has 0 amide bonds. The van der Waals surface area contributed by atoms with Gasteiger partial charge in [-0.25, -0.2) is 0 Å². The van der Waals surface area contributed by atoms with E-state index in [2.05, 4.69) is 40.0 Å². The molecule has 3 nitrogen and oxygen atoms in total. The molecular formula is C16H19BrN2O. The molecule has 0 heterocycles. The first-order chi connectivity index (χ1) is 9.67. The Kier molecular flexibility index (Phi) is 5.04. The summed E-state index contributed by atoms with van der Waals surface area (Å²) in [4.78, 5) is 2.19. The van der Waals surface area contributed by atoms with Gasteiger partial charge in [0.2, 0.25) is 0 Å². The van der Waals surface area contributed by atoms with Gasteiger partial charge in [0, 0.05) is 41.4 Å². The number of nitrogens with zero attached hydrogens (tertiary/aromatic N) is 1. The molecule has 0 radical (unpaired) electrons. The zero-order valence-electron chi connectivity index (χ0n) is 11.8. The summed E-state index contributed by atoms with van der Waals surface area (Å²) in [5.74, 6) is 0.906. The second kappa shape index (κ2) is 6.77. The molecule has 0 unspecified atom stereocenters. The maximum absolute atomic E-state index is 5.86. The van der Waals surface area contributed by atoms with Crippen LogP contribution in [0.25, 0.3) is 0 Å². The van der Waals surface area contributed by atoms with Gasteiger partial charge in [0.25, 0.3) is 0 Å². The Morgan fingerprint density at radius 2 is 1.90 bits per heavy atom. The summed E-state index contributed by atoms with van der Waals surface area (Å²) in [6.07, 6.45) is 0. The normalized spacial score (nSPS) is 10.4. The highest BCUT2D eigenvalue weighted by molar-refractivity contribution is 9.10. The first kappa shape index (κ1) is 14.9. The second-order valence-corrected chi connectivity index (χ2v) is 5.46. The number of methoxy groups -OCH3 is 1. The Morgan fingerprint density at radius 3 is 2.60 bits per heavy atom. The monoisotopic (exact) mass is 334 g/mol. The highest BCUT2D eigenvalue weighted by atomic mass is 79.9. The maximum atomic E-state index is 5.86. The van der Waals surface area contributed by atoms with Gasteiger partial charge in [-0.05, 0) is 18.2 Å². The third-order valence-electron chi connectivity index (χ3n) is 3.31. The molecule has 0 aliphatic rings. The summed E-state index contributed by atoms with van der Waals surface area (Å²) in [7, 11) is 3.76. The van der Waals surface area contributed by atoms with Crippen LogP contribution in [0.15, 0.2) is 46.9 Å². The van der Waals surface area contributed by atoms with Crippen LogP contribution >= 0.6 is 15.9 Å². The minimum atomic E-state index is 0.507. The minimum Gasteiger partial charge on any atom is -0.496 e. The van der Waals surface area contributed by atoms with Crippen molar-refractivity contribution >= 4 is 21.6 Å². The molecule has 2 aromatic rings. The molecule has 0 fully saturated rings. The van der Waals surface area contributed by atoms with E-state index in [9.17, 15) is 0 Å². The van der Waals surface area contributed by atoms with Crippen LogP contribution in [-0.4, -0.2) is 14.2 Å². The molecule has 0 saturated heterocycles. The smallest absolute Gasteiger partial charge is 0.123 e. The van der Waals surface area contributed by atoms with Crippen molar-refractivity contribution in [2.45, 2.75) is 13.1 Å². The molecule has 2 N–H and O–H groups in total. The summed E-state index contributed by atoms with van der Waals surface area (Å²) in [6.45, 7) is 1.28. The fourth-order valence-corrected chi connectivity index (χ4v) is 2.80. The Bertz CT molecular complexity index is 586. The first-order valence-corrected chi connectivity index (χ1v) is 7.27. The van der Waals surface area contributed by atoms with Gasteiger partial charge in [-0.1, -0.05) is 40.2 Å². The number of ether oxygens (including phenoxy) is 1. The molecule has 0 aliphatic carbocycles. The lowest BCUT2D eigenvalue weighted by Crippen LogP contribution is -2.19. The number of anilines is 1. The minimum absolute atomic E-state index is 0.507. The first-order valence-electron chi connectivity index (χ1n) is 6.48. The summed E-state index contributed by atoms with van der Waals surface area (Å²) in [5.41, 5.74) is 9.26. The Hall–Kier alpha value is -1.52. The van der Waals surface area contributed by atoms with Crippen LogP contribution in [0, 0.1) is 0 Å². The van der Waals surface area contributed by atoms with Crippen LogP contribution in [0.4, 0.5) is 5.69 Å². The topological polar surface area (TPSA) is 38.5 Å².